The van der Waals surface area contributed by atoms with Gasteiger partial charge in [0, 0.05) is 49.3 Å². The van der Waals surface area contributed by atoms with Gasteiger partial charge in [-0.05, 0) is 12.1 Å². The van der Waals surface area contributed by atoms with E-state index >= 15 is 0 Å². The maximum Gasteiger partial charge on any atom is 0.389 e. The topological polar surface area (TPSA) is 66.9 Å². The Kier molecular flexibility index (Phi) is 8.56. The van der Waals surface area contributed by atoms with Crippen LogP contribution in [0, 0.1) is 0 Å². The lowest BCUT2D eigenvalue weighted by Gasteiger charge is -2.25. The molecule has 0 spiro atoms. The van der Waals surface area contributed by atoms with Gasteiger partial charge in [-0.1, -0.05) is 6.08 Å². The number of nitrogens with zero attached hydrogens (tertiary/aromatic N) is 4. The van der Waals surface area contributed by atoms with Gasteiger partial charge in [0.1, 0.15) is 5.84 Å². The molecule has 0 aliphatic carbocycles. The van der Waals surface area contributed by atoms with Crippen LogP contribution in [0.4, 0.5) is 18.9 Å². The highest BCUT2D eigenvalue weighted by atomic mass is 32.2. The largest absolute Gasteiger partial charge is 0.400 e. The third kappa shape index (κ3) is 7.38. The molecule has 2 rings (SSSR count). The molecule has 2 heterocycles. The second-order valence-electron chi connectivity index (χ2n) is 6.05. The number of rotatable bonds is 9. The second-order valence-corrected chi connectivity index (χ2v) is 7.28. The van der Waals surface area contributed by atoms with Crippen molar-refractivity contribution in [3.8, 4) is 0 Å². The second kappa shape index (κ2) is 10.9. The first-order valence-corrected chi connectivity index (χ1v) is 10.0. The number of amidine groups is 1. The molecule has 0 fully saturated rings. The predicted octanol–water partition coefficient (Wildman–Crippen LogP) is 4.32. The Morgan fingerprint density at radius 2 is 2.18 bits per heavy atom. The number of thioether (sulfide) groups is 1. The van der Waals surface area contributed by atoms with Gasteiger partial charge in [-0.25, -0.2) is 0 Å². The normalized spacial score (nSPS) is 15.7. The number of pyridine rings is 1. The molecule has 2 N–H and O–H groups in total. The maximum atomic E-state index is 12.3. The molecule has 0 radical (unpaired) electrons. The van der Waals surface area contributed by atoms with Crippen LogP contribution in [0.25, 0.3) is 0 Å². The van der Waals surface area contributed by atoms with Crippen molar-refractivity contribution in [1.29, 1.82) is 0 Å². The van der Waals surface area contributed by atoms with Gasteiger partial charge in [0.2, 0.25) is 0 Å². The first-order chi connectivity index (χ1) is 13.4. The van der Waals surface area contributed by atoms with Crippen LogP contribution in [0.15, 0.2) is 58.6 Å². The van der Waals surface area contributed by atoms with Gasteiger partial charge in [0.25, 0.3) is 0 Å². The molecule has 0 amide bonds. The molecule has 1 aliphatic heterocycles. The van der Waals surface area contributed by atoms with Gasteiger partial charge in [-0.2, -0.15) is 24.9 Å². The molecule has 0 saturated heterocycles. The summed E-state index contributed by atoms with van der Waals surface area (Å²) in [5.74, 6) is 1.38. The molecular weight excluding hydrogens is 387 g/mol. The Labute approximate surface area is 167 Å². The smallest absolute Gasteiger partial charge is 0.389 e. The molecule has 5 nitrogen and oxygen atoms in total. The van der Waals surface area contributed by atoms with Gasteiger partial charge in [0.15, 0.2) is 0 Å². The first-order valence-electron chi connectivity index (χ1n) is 8.89. The zero-order valence-electron chi connectivity index (χ0n) is 15.5. The number of alkyl halides is 3. The summed E-state index contributed by atoms with van der Waals surface area (Å²) in [6.07, 6.45) is 2.99. The Bertz CT molecular complexity index is 729. The average Bonchev–Trinajstić information content (AvgIpc) is 2.79. The SMILES string of the molecule is C=CCN1C(CCSCCC(F)(F)F)=NCCC(N)=C1C=Nc1cccnc1. The molecule has 152 valence electrons. The number of nitrogens with two attached hydrogens (primary N) is 1. The number of halogens is 3. The van der Waals surface area contributed by atoms with Crippen molar-refractivity contribution in [3.05, 3.63) is 48.6 Å². The third-order valence-electron chi connectivity index (χ3n) is 3.90. The fourth-order valence-corrected chi connectivity index (χ4v) is 3.46. The predicted molar refractivity (Wildman–Crippen MR) is 110 cm³/mol. The van der Waals surface area contributed by atoms with Crippen molar-refractivity contribution in [2.24, 2.45) is 15.7 Å². The van der Waals surface area contributed by atoms with Crippen molar-refractivity contribution in [2.75, 3.05) is 24.6 Å². The van der Waals surface area contributed by atoms with E-state index in [1.54, 1.807) is 30.8 Å². The summed E-state index contributed by atoms with van der Waals surface area (Å²) in [6, 6.07) is 3.63. The van der Waals surface area contributed by atoms with Crippen LogP contribution in [-0.4, -0.2) is 52.7 Å². The van der Waals surface area contributed by atoms with E-state index in [1.807, 2.05) is 11.0 Å². The van der Waals surface area contributed by atoms with Gasteiger partial charge in [0.05, 0.1) is 30.2 Å². The number of aliphatic imine (C=N–C) groups is 2. The van der Waals surface area contributed by atoms with E-state index in [1.165, 1.54) is 11.8 Å². The van der Waals surface area contributed by atoms with Gasteiger partial charge >= 0.3 is 6.18 Å². The van der Waals surface area contributed by atoms with E-state index in [4.69, 9.17) is 5.73 Å². The molecule has 1 aromatic rings. The Hall–Kier alpha value is -2.29. The van der Waals surface area contributed by atoms with Crippen LogP contribution >= 0.6 is 11.8 Å². The highest BCUT2D eigenvalue weighted by molar-refractivity contribution is 7.99. The van der Waals surface area contributed by atoms with E-state index in [0.29, 0.717) is 43.1 Å². The van der Waals surface area contributed by atoms with Crippen LogP contribution in [0.5, 0.6) is 0 Å². The minimum atomic E-state index is -4.12. The van der Waals surface area contributed by atoms with Gasteiger partial charge in [-0.15, -0.1) is 6.58 Å². The molecule has 1 aliphatic rings. The van der Waals surface area contributed by atoms with Crippen LogP contribution in [-0.2, 0) is 0 Å². The lowest BCUT2D eigenvalue weighted by molar-refractivity contribution is -0.129. The molecule has 0 unspecified atom stereocenters. The lowest BCUT2D eigenvalue weighted by atomic mass is 10.2. The molecule has 0 saturated carbocycles. The highest BCUT2D eigenvalue weighted by Crippen LogP contribution is 2.23. The van der Waals surface area contributed by atoms with Crippen LogP contribution in [0.2, 0.25) is 0 Å². The summed E-state index contributed by atoms with van der Waals surface area (Å²) < 4.78 is 36.8. The summed E-state index contributed by atoms with van der Waals surface area (Å²) in [7, 11) is 0. The molecular formula is C19H24F3N5S. The van der Waals surface area contributed by atoms with Crippen LogP contribution < -0.4 is 5.73 Å². The van der Waals surface area contributed by atoms with Crippen LogP contribution in [0.3, 0.4) is 0 Å². The summed E-state index contributed by atoms with van der Waals surface area (Å²) in [6.45, 7) is 4.81. The van der Waals surface area contributed by atoms with Crippen molar-refractivity contribution in [1.82, 2.24) is 9.88 Å². The molecule has 0 bridgehead atoms. The van der Waals surface area contributed by atoms with Crippen molar-refractivity contribution < 1.29 is 13.2 Å². The summed E-state index contributed by atoms with van der Waals surface area (Å²) in [5, 5.41) is 0. The van der Waals surface area contributed by atoms with E-state index < -0.39 is 12.6 Å². The minimum absolute atomic E-state index is 0.0472. The van der Waals surface area contributed by atoms with Gasteiger partial charge < -0.3 is 10.6 Å². The fraction of sp³-hybridized carbons (Fsp3) is 0.421. The first kappa shape index (κ1) is 22.0. The van der Waals surface area contributed by atoms with E-state index in [9.17, 15) is 13.2 Å². The Morgan fingerprint density at radius 3 is 2.86 bits per heavy atom. The molecule has 28 heavy (non-hydrogen) atoms. The average molecular weight is 411 g/mol. The van der Waals surface area contributed by atoms with E-state index in [0.717, 1.165) is 11.5 Å². The monoisotopic (exact) mass is 411 g/mol. The van der Waals surface area contributed by atoms with Crippen molar-refractivity contribution in [2.45, 2.75) is 25.4 Å². The molecule has 0 atom stereocenters. The highest BCUT2D eigenvalue weighted by Gasteiger charge is 2.26. The summed E-state index contributed by atoms with van der Waals surface area (Å²) >= 11 is 1.27. The van der Waals surface area contributed by atoms with Crippen molar-refractivity contribution in [3.63, 3.8) is 0 Å². The maximum absolute atomic E-state index is 12.3. The zero-order valence-corrected chi connectivity index (χ0v) is 16.3. The molecule has 9 heteroatoms. The third-order valence-corrected chi connectivity index (χ3v) is 4.89. The number of hydrogen-bond donors (Lipinski definition) is 1. The Morgan fingerprint density at radius 1 is 1.36 bits per heavy atom. The zero-order chi connectivity index (χ0) is 20.4. The number of hydrogen-bond acceptors (Lipinski definition) is 6. The Balaban J connectivity index is 2.07. The standard InChI is InChI=1S/C19H24F3N5S/c1-2-10-27-17(14-26-15-4-3-8-24-13-15)16(23)5-9-25-18(27)6-11-28-12-7-19(20,21)22/h2-4,8,13-14H,1,5-7,9-12,23H2. The quantitative estimate of drug-likeness (QED) is 0.373. The van der Waals surface area contributed by atoms with E-state index in [-0.39, 0.29) is 5.75 Å². The van der Waals surface area contributed by atoms with Crippen molar-refractivity contribution >= 4 is 29.5 Å². The van der Waals surface area contributed by atoms with Crippen LogP contribution in [0.1, 0.15) is 19.3 Å². The molecule has 0 aromatic carbocycles. The number of aromatic nitrogens is 1. The summed E-state index contributed by atoms with van der Waals surface area (Å²) in [5.41, 5.74) is 8.35. The number of allylic oxidation sites excluding steroid dienone is 1. The molecule has 1 aromatic heterocycles. The minimum Gasteiger partial charge on any atom is -0.400 e. The van der Waals surface area contributed by atoms with E-state index in [2.05, 4.69) is 21.5 Å². The van der Waals surface area contributed by atoms with Gasteiger partial charge in [-0.3, -0.25) is 15.0 Å². The fourth-order valence-electron chi connectivity index (χ4n) is 2.55. The lowest BCUT2D eigenvalue weighted by Crippen LogP contribution is -2.32. The summed E-state index contributed by atoms with van der Waals surface area (Å²) in [4.78, 5) is 15.0.